The van der Waals surface area contributed by atoms with E-state index >= 15 is 0 Å². The van der Waals surface area contributed by atoms with E-state index in [1.54, 1.807) is 0 Å². The minimum absolute atomic E-state index is 0.204. The largest absolute Gasteiger partial charge is 0.336 e. The van der Waals surface area contributed by atoms with E-state index in [2.05, 4.69) is 20.6 Å². The molecule has 7 nitrogen and oxygen atoms in total. The highest BCUT2D eigenvalue weighted by Gasteiger charge is 2.29. The van der Waals surface area contributed by atoms with E-state index < -0.39 is 0 Å². The van der Waals surface area contributed by atoms with Crippen molar-refractivity contribution < 1.29 is 9.32 Å². The Morgan fingerprint density at radius 1 is 1.14 bits per heavy atom. The first-order valence-electron chi connectivity index (χ1n) is 9.73. The molecule has 0 atom stereocenters. The predicted molar refractivity (Wildman–Crippen MR) is 110 cm³/mol. The highest BCUT2D eigenvalue weighted by molar-refractivity contribution is 6.12. The maximum Gasteiger partial charge on any atom is 0.259 e. The molecule has 1 amide bonds. The molecular weight excluding hydrogens is 366 g/mol. The molecule has 0 bridgehead atoms. The summed E-state index contributed by atoms with van der Waals surface area (Å²) in [7, 11) is 0. The fourth-order valence-electron chi connectivity index (χ4n) is 3.71. The van der Waals surface area contributed by atoms with Crippen molar-refractivity contribution in [2.45, 2.75) is 39.5 Å². The van der Waals surface area contributed by atoms with Crippen LogP contribution in [0.5, 0.6) is 0 Å². The lowest BCUT2D eigenvalue weighted by atomic mass is 10.1. The van der Waals surface area contributed by atoms with Crippen LogP contribution in [0.25, 0.3) is 16.8 Å². The van der Waals surface area contributed by atoms with Gasteiger partial charge in [0, 0.05) is 11.6 Å². The van der Waals surface area contributed by atoms with Crippen LogP contribution >= 0.6 is 0 Å². The number of anilines is 1. The van der Waals surface area contributed by atoms with Crippen LogP contribution in [0.15, 0.2) is 40.9 Å². The summed E-state index contributed by atoms with van der Waals surface area (Å²) >= 11 is 0. The van der Waals surface area contributed by atoms with Crippen LogP contribution < -0.4 is 5.32 Å². The number of nitrogens with zero attached hydrogens (tertiary/aromatic N) is 4. The lowest BCUT2D eigenvalue weighted by molar-refractivity contribution is 0.102. The summed E-state index contributed by atoms with van der Waals surface area (Å²) in [6, 6.07) is 11.7. The third kappa shape index (κ3) is 2.99. The van der Waals surface area contributed by atoms with Gasteiger partial charge >= 0.3 is 0 Å². The highest BCUT2D eigenvalue weighted by atomic mass is 16.5. The summed E-state index contributed by atoms with van der Waals surface area (Å²) in [6.45, 7) is 5.67. The Balaban J connectivity index is 1.55. The molecule has 5 rings (SSSR count). The van der Waals surface area contributed by atoms with Gasteiger partial charge in [0.2, 0.25) is 0 Å². The second-order valence-electron chi connectivity index (χ2n) is 7.56. The number of carbonyl (C=O) groups is 1. The first-order chi connectivity index (χ1) is 14.0. The van der Waals surface area contributed by atoms with Gasteiger partial charge in [0.1, 0.15) is 0 Å². The van der Waals surface area contributed by atoms with Gasteiger partial charge in [-0.3, -0.25) is 4.79 Å². The van der Waals surface area contributed by atoms with Gasteiger partial charge in [0.25, 0.3) is 11.6 Å². The first kappa shape index (κ1) is 17.6. The third-order valence-corrected chi connectivity index (χ3v) is 5.41. The SMILES string of the molecule is Cc1nn(-c2ccccc2)c(C)c1NC(=O)c1cc(C2CC2)nc2onc(C)c12. The van der Waals surface area contributed by atoms with Gasteiger partial charge in [-0.25, -0.2) is 9.67 Å². The van der Waals surface area contributed by atoms with E-state index in [4.69, 9.17) is 4.52 Å². The number of aromatic nitrogens is 4. The van der Waals surface area contributed by atoms with Gasteiger partial charge < -0.3 is 9.84 Å². The molecule has 0 unspecified atom stereocenters. The monoisotopic (exact) mass is 387 g/mol. The molecule has 3 aromatic heterocycles. The van der Waals surface area contributed by atoms with Crippen LogP contribution in [-0.2, 0) is 0 Å². The van der Waals surface area contributed by atoms with Gasteiger partial charge in [-0.2, -0.15) is 5.10 Å². The molecule has 0 saturated heterocycles. The number of amides is 1. The van der Waals surface area contributed by atoms with Crippen molar-refractivity contribution in [2.75, 3.05) is 5.32 Å². The van der Waals surface area contributed by atoms with Crippen molar-refractivity contribution >= 4 is 22.7 Å². The molecule has 1 aliphatic rings. The quantitative estimate of drug-likeness (QED) is 0.559. The number of rotatable bonds is 4. The summed E-state index contributed by atoms with van der Waals surface area (Å²) in [6.07, 6.45) is 2.18. The Kier molecular flexibility index (Phi) is 3.97. The summed E-state index contributed by atoms with van der Waals surface area (Å²) in [4.78, 5) is 17.8. The molecule has 0 spiro atoms. The number of benzene rings is 1. The number of aryl methyl sites for hydroxylation is 2. The minimum atomic E-state index is -0.204. The molecule has 1 aliphatic carbocycles. The fourth-order valence-corrected chi connectivity index (χ4v) is 3.71. The summed E-state index contributed by atoms with van der Waals surface area (Å²) in [5.41, 5.74) is 5.82. The maximum atomic E-state index is 13.3. The van der Waals surface area contributed by atoms with E-state index in [9.17, 15) is 4.79 Å². The second-order valence-corrected chi connectivity index (χ2v) is 7.56. The standard InChI is InChI=1S/C22H21N5O2/c1-12-19-17(11-18(15-9-10-15)23-22(19)29-26-12)21(28)24-20-13(2)25-27(14(20)3)16-7-5-4-6-8-16/h4-8,11,15H,9-10H2,1-3H3,(H,24,28). The van der Waals surface area contributed by atoms with Crippen LogP contribution in [0.3, 0.4) is 0 Å². The second kappa shape index (κ2) is 6.55. The van der Waals surface area contributed by atoms with Crippen molar-refractivity contribution in [2.24, 2.45) is 0 Å². The van der Waals surface area contributed by atoms with E-state index in [0.29, 0.717) is 34.0 Å². The molecule has 3 heterocycles. The summed E-state index contributed by atoms with van der Waals surface area (Å²) in [5.74, 6) is 0.199. The Morgan fingerprint density at radius 3 is 2.62 bits per heavy atom. The zero-order valence-electron chi connectivity index (χ0n) is 16.6. The molecule has 7 heteroatoms. The van der Waals surface area contributed by atoms with Gasteiger partial charge in [-0.1, -0.05) is 23.4 Å². The number of pyridine rings is 1. The Morgan fingerprint density at radius 2 is 1.90 bits per heavy atom. The van der Waals surface area contributed by atoms with Crippen LogP contribution in [-0.4, -0.2) is 25.8 Å². The fraction of sp³-hybridized carbons (Fsp3) is 0.273. The topological polar surface area (TPSA) is 85.8 Å². The number of para-hydroxylation sites is 1. The number of fused-ring (bicyclic) bond motifs is 1. The van der Waals surface area contributed by atoms with E-state index in [1.807, 2.05) is 61.9 Å². The van der Waals surface area contributed by atoms with Gasteiger partial charge in [-0.05, 0) is 51.8 Å². The lowest BCUT2D eigenvalue weighted by Gasteiger charge is -2.09. The smallest absolute Gasteiger partial charge is 0.259 e. The van der Waals surface area contributed by atoms with Crippen LogP contribution in [0.1, 0.15) is 51.9 Å². The molecule has 0 aliphatic heterocycles. The van der Waals surface area contributed by atoms with Crippen molar-refractivity contribution in [3.8, 4) is 5.69 Å². The molecular formula is C22H21N5O2. The van der Waals surface area contributed by atoms with Crippen LogP contribution in [0, 0.1) is 20.8 Å². The lowest BCUT2D eigenvalue weighted by Crippen LogP contribution is -2.14. The van der Waals surface area contributed by atoms with Crippen molar-refractivity contribution in [3.63, 3.8) is 0 Å². The van der Waals surface area contributed by atoms with E-state index in [1.165, 1.54) is 0 Å². The molecule has 1 aromatic carbocycles. The van der Waals surface area contributed by atoms with Gasteiger partial charge in [-0.15, -0.1) is 0 Å². The van der Waals surface area contributed by atoms with E-state index in [-0.39, 0.29) is 5.91 Å². The summed E-state index contributed by atoms with van der Waals surface area (Å²) < 4.78 is 7.20. The number of carbonyl (C=O) groups excluding carboxylic acids is 1. The van der Waals surface area contributed by atoms with Crippen molar-refractivity contribution in [1.82, 2.24) is 19.9 Å². The molecule has 4 aromatic rings. The van der Waals surface area contributed by atoms with Crippen LogP contribution in [0.4, 0.5) is 5.69 Å². The first-order valence-corrected chi connectivity index (χ1v) is 9.73. The molecule has 0 radical (unpaired) electrons. The van der Waals surface area contributed by atoms with E-state index in [0.717, 1.165) is 35.6 Å². The summed E-state index contributed by atoms with van der Waals surface area (Å²) in [5, 5.41) is 12.3. The third-order valence-electron chi connectivity index (χ3n) is 5.41. The molecule has 1 saturated carbocycles. The molecule has 1 fully saturated rings. The molecule has 146 valence electrons. The zero-order valence-corrected chi connectivity index (χ0v) is 16.6. The van der Waals surface area contributed by atoms with Gasteiger partial charge in [0.15, 0.2) is 0 Å². The number of hydrogen-bond acceptors (Lipinski definition) is 5. The highest BCUT2D eigenvalue weighted by Crippen LogP contribution is 2.40. The zero-order chi connectivity index (χ0) is 20.1. The number of nitrogens with one attached hydrogen (secondary N) is 1. The van der Waals surface area contributed by atoms with Crippen molar-refractivity contribution in [3.05, 3.63) is 64.7 Å². The average Bonchev–Trinajstić information content (AvgIpc) is 3.47. The van der Waals surface area contributed by atoms with Crippen LogP contribution in [0.2, 0.25) is 0 Å². The van der Waals surface area contributed by atoms with Gasteiger partial charge in [0.05, 0.1) is 39.4 Å². The average molecular weight is 387 g/mol. The number of hydrogen-bond donors (Lipinski definition) is 1. The molecule has 29 heavy (non-hydrogen) atoms. The normalized spacial score (nSPS) is 13.8. The Bertz CT molecular complexity index is 1240. The molecule has 1 N–H and O–H groups in total. The van der Waals surface area contributed by atoms with Crippen molar-refractivity contribution in [1.29, 1.82) is 0 Å². The Labute approximate surface area is 167 Å². The Hall–Kier alpha value is -3.48. The predicted octanol–water partition coefficient (Wildman–Crippen LogP) is 4.46. The minimum Gasteiger partial charge on any atom is -0.336 e. The maximum absolute atomic E-state index is 13.3.